The normalized spacial score (nSPS) is 30.5. The van der Waals surface area contributed by atoms with Crippen LogP contribution in [0.25, 0.3) is 0 Å². The van der Waals surface area contributed by atoms with Crippen molar-refractivity contribution in [2.24, 2.45) is 5.41 Å². The summed E-state index contributed by atoms with van der Waals surface area (Å²) in [4.78, 5) is 36.7. The molecule has 8 nitrogen and oxygen atoms in total. The molecule has 0 aromatic heterocycles. The Kier molecular flexibility index (Phi) is 6.06. The zero-order chi connectivity index (χ0) is 22.2. The number of nitrogens with one attached hydrogen (secondary N) is 3. The van der Waals surface area contributed by atoms with Crippen molar-refractivity contribution in [1.82, 2.24) is 16.0 Å². The highest BCUT2D eigenvalue weighted by Crippen LogP contribution is 2.67. The van der Waals surface area contributed by atoms with Crippen molar-refractivity contribution in [3.63, 3.8) is 0 Å². The molecule has 2 atom stereocenters. The summed E-state index contributed by atoms with van der Waals surface area (Å²) in [5.41, 5.74) is -1.19. The summed E-state index contributed by atoms with van der Waals surface area (Å²) in [7, 11) is 0. The Hall–Kier alpha value is -2.04. The van der Waals surface area contributed by atoms with Crippen molar-refractivity contribution in [3.8, 4) is 5.75 Å². The molecule has 3 saturated carbocycles. The fourth-order valence-electron chi connectivity index (χ4n) is 4.41. The summed E-state index contributed by atoms with van der Waals surface area (Å²) >= 11 is 7.07. The van der Waals surface area contributed by atoms with Crippen molar-refractivity contribution in [2.45, 2.75) is 43.3 Å². The van der Waals surface area contributed by atoms with E-state index in [1.165, 1.54) is 23.9 Å². The molecule has 4 fully saturated rings. The highest BCUT2D eigenvalue weighted by molar-refractivity contribution is 8.00. The number of ether oxygens (including phenoxy) is 2. The first kappa shape index (κ1) is 22.2. The first-order valence-corrected chi connectivity index (χ1v) is 11.4. The first-order valence-electron chi connectivity index (χ1n) is 9.98. The van der Waals surface area contributed by atoms with E-state index in [0.717, 1.165) is 6.07 Å². The van der Waals surface area contributed by atoms with E-state index in [1.54, 1.807) is 6.92 Å². The van der Waals surface area contributed by atoms with E-state index in [9.17, 15) is 18.8 Å². The lowest BCUT2D eigenvalue weighted by atomic mass is 9.39. The molecule has 168 valence electrons. The second kappa shape index (κ2) is 8.48. The molecule has 0 radical (unpaired) electrons. The maximum atomic E-state index is 13.4. The van der Waals surface area contributed by atoms with Gasteiger partial charge in [-0.25, -0.2) is 4.39 Å². The number of amides is 2. The highest BCUT2D eigenvalue weighted by Gasteiger charge is 2.72. The van der Waals surface area contributed by atoms with E-state index >= 15 is 0 Å². The van der Waals surface area contributed by atoms with Crippen LogP contribution in [0.2, 0.25) is 5.02 Å². The molecule has 4 aliphatic rings. The van der Waals surface area contributed by atoms with Gasteiger partial charge in [-0.1, -0.05) is 11.6 Å². The minimum Gasteiger partial charge on any atom is -0.484 e. The maximum Gasteiger partial charge on any atom is 0.324 e. The number of thioether (sulfide) groups is 1. The number of benzene rings is 1. The predicted octanol–water partition coefficient (Wildman–Crippen LogP) is 1.56. The topological polar surface area (TPSA) is 106 Å². The van der Waals surface area contributed by atoms with E-state index in [2.05, 4.69) is 16.0 Å². The lowest BCUT2D eigenvalue weighted by Crippen LogP contribution is -2.79. The second-order valence-electron chi connectivity index (χ2n) is 8.16. The van der Waals surface area contributed by atoms with E-state index in [-0.39, 0.29) is 46.2 Å². The molecule has 0 spiro atoms. The van der Waals surface area contributed by atoms with Crippen LogP contribution in [0, 0.1) is 11.2 Å². The Balaban J connectivity index is 1.19. The molecule has 1 aromatic carbocycles. The minimum atomic E-state index is -0.615. The van der Waals surface area contributed by atoms with Crippen LogP contribution in [-0.2, 0) is 19.1 Å². The number of carbonyl (C=O) groups excluding carboxylic acids is 3. The zero-order valence-corrected chi connectivity index (χ0v) is 18.4. The van der Waals surface area contributed by atoms with Crippen molar-refractivity contribution in [1.29, 1.82) is 0 Å². The molecule has 1 aromatic rings. The number of halogens is 2. The fourth-order valence-corrected chi connectivity index (χ4v) is 5.60. The standard InChI is InChI=1S/C20H23ClFN3O5S/c1-2-29-16(27)14-7-31-18(23-14)24-17(28)19-8-20(9-19,10-19)25-15(26)6-30-11-3-4-12(21)13(22)5-11/h3-5,14,18,23H,2,6-10H2,1H3,(H,24,28)(H,25,26). The summed E-state index contributed by atoms with van der Waals surface area (Å²) in [6.45, 7) is 1.82. The van der Waals surface area contributed by atoms with Gasteiger partial charge in [0.15, 0.2) is 6.61 Å². The molecular weight excluding hydrogens is 449 g/mol. The van der Waals surface area contributed by atoms with E-state index in [4.69, 9.17) is 21.1 Å². The van der Waals surface area contributed by atoms with Gasteiger partial charge in [0.2, 0.25) is 5.91 Å². The molecule has 3 aliphatic carbocycles. The highest BCUT2D eigenvalue weighted by atomic mass is 35.5. The second-order valence-corrected chi connectivity index (χ2v) is 9.71. The van der Waals surface area contributed by atoms with Crippen LogP contribution in [0.3, 0.4) is 0 Å². The van der Waals surface area contributed by atoms with Crippen molar-refractivity contribution < 1.29 is 28.2 Å². The van der Waals surface area contributed by atoms with Gasteiger partial charge in [-0.05, 0) is 38.3 Å². The van der Waals surface area contributed by atoms with Gasteiger partial charge in [-0.15, -0.1) is 11.8 Å². The van der Waals surface area contributed by atoms with Gasteiger partial charge in [0, 0.05) is 17.4 Å². The number of hydrogen-bond donors (Lipinski definition) is 3. The van der Waals surface area contributed by atoms with Crippen molar-refractivity contribution in [2.75, 3.05) is 19.0 Å². The molecule has 2 amide bonds. The van der Waals surface area contributed by atoms with Gasteiger partial charge in [0.05, 0.1) is 17.0 Å². The molecule has 31 heavy (non-hydrogen) atoms. The van der Waals surface area contributed by atoms with Gasteiger partial charge in [-0.2, -0.15) is 0 Å². The third-order valence-corrected chi connectivity index (χ3v) is 7.21. The van der Waals surface area contributed by atoms with Crippen LogP contribution in [-0.4, -0.2) is 53.8 Å². The Morgan fingerprint density at radius 1 is 1.32 bits per heavy atom. The average molecular weight is 472 g/mol. The van der Waals surface area contributed by atoms with Crippen LogP contribution in [0.15, 0.2) is 18.2 Å². The molecule has 11 heteroatoms. The summed E-state index contributed by atoms with van der Waals surface area (Å²) in [5, 5.41) is 8.90. The Bertz CT molecular complexity index is 897. The molecule has 5 rings (SSSR count). The maximum absolute atomic E-state index is 13.4. The average Bonchev–Trinajstić information content (AvgIpc) is 3.13. The van der Waals surface area contributed by atoms with Gasteiger partial charge in [-0.3, -0.25) is 19.7 Å². The molecule has 2 bridgehead atoms. The Morgan fingerprint density at radius 2 is 2.06 bits per heavy atom. The number of carbonyl (C=O) groups is 3. The molecule has 1 saturated heterocycles. The van der Waals surface area contributed by atoms with Crippen molar-refractivity contribution in [3.05, 3.63) is 29.0 Å². The van der Waals surface area contributed by atoms with Crippen LogP contribution in [0.5, 0.6) is 5.75 Å². The van der Waals surface area contributed by atoms with Crippen LogP contribution in [0.1, 0.15) is 26.2 Å². The Morgan fingerprint density at radius 3 is 2.74 bits per heavy atom. The third kappa shape index (κ3) is 4.47. The fraction of sp³-hybridized carbons (Fsp3) is 0.550. The van der Waals surface area contributed by atoms with Crippen LogP contribution in [0.4, 0.5) is 4.39 Å². The van der Waals surface area contributed by atoms with Crippen LogP contribution < -0.4 is 20.7 Å². The number of esters is 1. The monoisotopic (exact) mass is 471 g/mol. The van der Waals surface area contributed by atoms with Gasteiger partial charge in [0.25, 0.3) is 5.91 Å². The quantitative estimate of drug-likeness (QED) is 0.494. The van der Waals surface area contributed by atoms with Gasteiger partial charge < -0.3 is 20.1 Å². The summed E-state index contributed by atoms with van der Waals surface area (Å²) < 4.78 is 23.7. The van der Waals surface area contributed by atoms with E-state index in [0.29, 0.717) is 31.6 Å². The largest absolute Gasteiger partial charge is 0.484 e. The van der Waals surface area contributed by atoms with E-state index < -0.39 is 17.3 Å². The van der Waals surface area contributed by atoms with E-state index in [1.807, 2.05) is 0 Å². The molecular formula is C20H23ClFN3O5S. The predicted molar refractivity (Wildman–Crippen MR) is 112 cm³/mol. The first-order chi connectivity index (χ1) is 14.7. The zero-order valence-electron chi connectivity index (χ0n) is 16.8. The Labute approximate surface area is 187 Å². The summed E-state index contributed by atoms with van der Waals surface area (Å²) in [5.74, 6) is -0.583. The number of hydrogen-bond acceptors (Lipinski definition) is 7. The lowest BCUT2D eigenvalue weighted by molar-refractivity contribution is -0.184. The smallest absolute Gasteiger partial charge is 0.324 e. The SMILES string of the molecule is CCOC(=O)C1CSC(NC(=O)C23CC(NC(=O)COc4ccc(Cl)c(F)c4)(C2)C3)N1. The summed E-state index contributed by atoms with van der Waals surface area (Å²) in [6, 6.07) is 3.54. The van der Waals surface area contributed by atoms with Crippen LogP contribution >= 0.6 is 23.4 Å². The molecule has 1 aliphatic heterocycles. The van der Waals surface area contributed by atoms with Gasteiger partial charge in [0.1, 0.15) is 23.1 Å². The van der Waals surface area contributed by atoms with Gasteiger partial charge >= 0.3 is 5.97 Å². The minimum absolute atomic E-state index is 0.0168. The molecule has 2 unspecified atom stereocenters. The third-order valence-electron chi connectivity index (χ3n) is 5.79. The lowest BCUT2D eigenvalue weighted by Gasteiger charge is -2.69. The molecule has 1 heterocycles. The number of rotatable bonds is 8. The van der Waals surface area contributed by atoms with Crippen molar-refractivity contribution >= 4 is 41.1 Å². The molecule has 3 N–H and O–H groups in total. The summed E-state index contributed by atoms with van der Waals surface area (Å²) in [6.07, 6.45) is 1.68.